The van der Waals surface area contributed by atoms with E-state index in [0.29, 0.717) is 19.7 Å². The molecule has 0 atom stereocenters. The summed E-state index contributed by atoms with van der Waals surface area (Å²) in [5.74, 6) is -0.290. The summed E-state index contributed by atoms with van der Waals surface area (Å²) in [6, 6.07) is 0. The first kappa shape index (κ1) is 16.7. The lowest BCUT2D eigenvalue weighted by Crippen LogP contribution is -2.38. The fraction of sp³-hybridized carbons (Fsp3) is 0.846. The molecule has 18 heavy (non-hydrogen) atoms. The van der Waals surface area contributed by atoms with E-state index in [0.717, 1.165) is 6.42 Å². The molecule has 0 aromatic rings. The number of carbonyl (C=O) groups excluding carboxylic acids is 2. The van der Waals surface area contributed by atoms with E-state index in [1.165, 1.54) is 0 Å². The van der Waals surface area contributed by atoms with Gasteiger partial charge in [0.2, 0.25) is 0 Å². The van der Waals surface area contributed by atoms with Crippen LogP contribution in [-0.2, 0) is 14.3 Å². The highest BCUT2D eigenvalue weighted by Crippen LogP contribution is 2.10. The zero-order chi connectivity index (χ0) is 14.2. The molecule has 0 aromatic carbocycles. The van der Waals surface area contributed by atoms with Gasteiger partial charge < -0.3 is 14.4 Å². The molecule has 0 aliphatic heterocycles. The quantitative estimate of drug-likeness (QED) is 0.688. The average molecular weight is 259 g/mol. The molecule has 0 saturated carbocycles. The molecular weight excluding hydrogens is 234 g/mol. The Kier molecular flexibility index (Phi) is 7.39. The second-order valence-electron chi connectivity index (χ2n) is 5.02. The van der Waals surface area contributed by atoms with E-state index in [1.807, 2.05) is 27.7 Å². The van der Waals surface area contributed by atoms with E-state index in [-0.39, 0.29) is 18.5 Å². The van der Waals surface area contributed by atoms with E-state index in [2.05, 4.69) is 0 Å². The normalized spacial score (nSPS) is 10.9. The minimum Gasteiger partial charge on any atom is -0.466 e. The highest BCUT2D eigenvalue weighted by atomic mass is 16.6. The number of nitrogens with zero attached hydrogens (tertiary/aromatic N) is 1. The molecule has 0 heterocycles. The van der Waals surface area contributed by atoms with Gasteiger partial charge in [-0.2, -0.15) is 0 Å². The van der Waals surface area contributed by atoms with Crippen molar-refractivity contribution in [1.82, 2.24) is 4.90 Å². The van der Waals surface area contributed by atoms with Crippen LogP contribution < -0.4 is 0 Å². The van der Waals surface area contributed by atoms with Crippen molar-refractivity contribution in [3.63, 3.8) is 0 Å². The van der Waals surface area contributed by atoms with Crippen LogP contribution in [0.4, 0.5) is 4.79 Å². The van der Waals surface area contributed by atoms with E-state index in [1.54, 1.807) is 11.8 Å². The molecule has 0 aromatic heterocycles. The minimum absolute atomic E-state index is 0.201. The summed E-state index contributed by atoms with van der Waals surface area (Å²) in [5.41, 5.74) is -0.521. The van der Waals surface area contributed by atoms with Crippen molar-refractivity contribution >= 4 is 12.1 Å². The van der Waals surface area contributed by atoms with Gasteiger partial charge in [-0.05, 0) is 34.1 Å². The number of carbonyl (C=O) groups is 2. The number of esters is 1. The van der Waals surface area contributed by atoms with Crippen LogP contribution in [0, 0.1) is 0 Å². The first-order chi connectivity index (χ1) is 8.30. The summed E-state index contributed by atoms with van der Waals surface area (Å²) >= 11 is 0. The van der Waals surface area contributed by atoms with Crippen molar-refractivity contribution in [2.45, 2.75) is 53.1 Å². The van der Waals surface area contributed by atoms with Crippen molar-refractivity contribution in [2.24, 2.45) is 0 Å². The number of rotatable bonds is 6. The zero-order valence-electron chi connectivity index (χ0n) is 12.1. The predicted molar refractivity (Wildman–Crippen MR) is 69.3 cm³/mol. The fourth-order valence-corrected chi connectivity index (χ4v) is 1.35. The van der Waals surface area contributed by atoms with Crippen molar-refractivity contribution in [3.05, 3.63) is 0 Å². The molecule has 0 N–H and O–H groups in total. The fourth-order valence-electron chi connectivity index (χ4n) is 1.35. The smallest absolute Gasteiger partial charge is 0.410 e. The SMILES string of the molecule is CCCN(CCC(=O)OCC)C(=O)OC(C)(C)C. The molecule has 0 bridgehead atoms. The van der Waals surface area contributed by atoms with Crippen molar-refractivity contribution in [1.29, 1.82) is 0 Å². The summed E-state index contributed by atoms with van der Waals surface area (Å²) in [4.78, 5) is 24.7. The Hall–Kier alpha value is -1.26. The van der Waals surface area contributed by atoms with Gasteiger partial charge in [-0.3, -0.25) is 4.79 Å². The van der Waals surface area contributed by atoms with Crippen LogP contribution in [0.1, 0.15) is 47.5 Å². The standard InChI is InChI=1S/C13H25NO4/c1-6-9-14(10-8-11(15)17-7-2)12(16)18-13(3,4)5/h6-10H2,1-5H3. The second kappa shape index (κ2) is 7.95. The van der Waals surface area contributed by atoms with Gasteiger partial charge in [0.05, 0.1) is 13.0 Å². The molecule has 5 nitrogen and oxygen atoms in total. The molecular formula is C13H25NO4. The largest absolute Gasteiger partial charge is 0.466 e. The average Bonchev–Trinajstić information content (AvgIpc) is 2.22. The molecule has 0 unspecified atom stereocenters. The molecule has 0 saturated heterocycles. The van der Waals surface area contributed by atoms with Gasteiger partial charge in [0, 0.05) is 13.1 Å². The van der Waals surface area contributed by atoms with E-state index in [4.69, 9.17) is 9.47 Å². The van der Waals surface area contributed by atoms with Crippen molar-refractivity contribution in [2.75, 3.05) is 19.7 Å². The van der Waals surface area contributed by atoms with Crippen molar-refractivity contribution in [3.8, 4) is 0 Å². The summed E-state index contributed by atoms with van der Waals surface area (Å²) in [6.45, 7) is 10.5. The minimum atomic E-state index is -0.521. The van der Waals surface area contributed by atoms with Gasteiger partial charge in [-0.1, -0.05) is 6.92 Å². The monoisotopic (exact) mass is 259 g/mol. The lowest BCUT2D eigenvalue weighted by Gasteiger charge is -2.26. The van der Waals surface area contributed by atoms with Crippen LogP contribution in [0.5, 0.6) is 0 Å². The first-order valence-corrected chi connectivity index (χ1v) is 6.43. The third-order valence-electron chi connectivity index (χ3n) is 2.04. The van der Waals surface area contributed by atoms with E-state index >= 15 is 0 Å². The molecule has 5 heteroatoms. The van der Waals surface area contributed by atoms with Crippen LogP contribution in [0.3, 0.4) is 0 Å². The third-order valence-corrected chi connectivity index (χ3v) is 2.04. The molecule has 106 valence electrons. The lowest BCUT2D eigenvalue weighted by molar-refractivity contribution is -0.143. The molecule has 0 radical (unpaired) electrons. The second-order valence-corrected chi connectivity index (χ2v) is 5.02. The summed E-state index contributed by atoms with van der Waals surface area (Å²) < 4.78 is 10.1. The molecule has 0 spiro atoms. The van der Waals surface area contributed by atoms with Gasteiger partial charge in [-0.25, -0.2) is 4.79 Å². The molecule has 0 aliphatic carbocycles. The van der Waals surface area contributed by atoms with Crippen LogP contribution in [0.2, 0.25) is 0 Å². The summed E-state index contributed by atoms with van der Waals surface area (Å²) in [5, 5.41) is 0. The maximum Gasteiger partial charge on any atom is 0.410 e. The maximum absolute atomic E-state index is 11.9. The molecule has 0 aliphatic rings. The Morgan fingerprint density at radius 2 is 1.72 bits per heavy atom. The predicted octanol–water partition coefficient (Wildman–Crippen LogP) is 2.59. The Balaban J connectivity index is 4.29. The van der Waals surface area contributed by atoms with Crippen molar-refractivity contribution < 1.29 is 19.1 Å². The number of hydrogen-bond donors (Lipinski definition) is 0. The van der Waals surface area contributed by atoms with Gasteiger partial charge in [0.15, 0.2) is 0 Å². The Morgan fingerprint density at radius 3 is 2.17 bits per heavy atom. The Morgan fingerprint density at radius 1 is 1.11 bits per heavy atom. The van der Waals surface area contributed by atoms with Crippen LogP contribution in [0.15, 0.2) is 0 Å². The van der Waals surface area contributed by atoms with Gasteiger partial charge in [-0.15, -0.1) is 0 Å². The van der Waals surface area contributed by atoms with Gasteiger partial charge >= 0.3 is 12.1 Å². The zero-order valence-corrected chi connectivity index (χ0v) is 12.1. The molecule has 0 fully saturated rings. The lowest BCUT2D eigenvalue weighted by atomic mass is 10.2. The Bertz CT molecular complexity index is 271. The third kappa shape index (κ3) is 7.92. The van der Waals surface area contributed by atoms with Gasteiger partial charge in [0.1, 0.15) is 5.60 Å². The highest BCUT2D eigenvalue weighted by Gasteiger charge is 2.22. The van der Waals surface area contributed by atoms with E-state index < -0.39 is 5.60 Å². The Labute approximate surface area is 109 Å². The van der Waals surface area contributed by atoms with Crippen LogP contribution >= 0.6 is 0 Å². The highest BCUT2D eigenvalue weighted by molar-refractivity contribution is 5.72. The number of ether oxygens (including phenoxy) is 2. The summed E-state index contributed by atoms with van der Waals surface area (Å²) in [7, 11) is 0. The summed E-state index contributed by atoms with van der Waals surface area (Å²) in [6.07, 6.45) is 0.642. The number of amides is 1. The first-order valence-electron chi connectivity index (χ1n) is 6.43. The molecule has 0 rings (SSSR count). The topological polar surface area (TPSA) is 55.8 Å². The van der Waals surface area contributed by atoms with E-state index in [9.17, 15) is 9.59 Å². The molecule has 1 amide bonds. The van der Waals surface area contributed by atoms with Gasteiger partial charge in [0.25, 0.3) is 0 Å². The van der Waals surface area contributed by atoms with Crippen LogP contribution in [0.25, 0.3) is 0 Å². The van der Waals surface area contributed by atoms with Crippen LogP contribution in [-0.4, -0.2) is 42.3 Å². The number of hydrogen-bond acceptors (Lipinski definition) is 4. The maximum atomic E-state index is 11.9.